The van der Waals surface area contributed by atoms with Crippen molar-refractivity contribution >= 4 is 28.3 Å². The molecule has 2 heterocycles. The lowest BCUT2D eigenvalue weighted by Gasteiger charge is -2.32. The van der Waals surface area contributed by atoms with Crippen LogP contribution >= 0.6 is 0 Å². The highest BCUT2D eigenvalue weighted by molar-refractivity contribution is 5.92. The molecule has 1 unspecified atom stereocenters. The first-order valence-electron chi connectivity index (χ1n) is 10.7. The summed E-state index contributed by atoms with van der Waals surface area (Å²) >= 11 is 0. The molecule has 0 aliphatic carbocycles. The largest absolute Gasteiger partial charge is 0.573 e. The van der Waals surface area contributed by atoms with Crippen LogP contribution in [0.15, 0.2) is 54.6 Å². The number of carbonyl (C=O) groups excluding carboxylic acids is 1. The number of halogens is 3. The molecule has 0 bridgehead atoms. The summed E-state index contributed by atoms with van der Waals surface area (Å²) in [4.78, 5) is 19.4. The molecule has 1 saturated heterocycles. The highest BCUT2D eigenvalue weighted by Crippen LogP contribution is 2.29. The first-order chi connectivity index (χ1) is 15.8. The second kappa shape index (κ2) is 9.56. The number of nitrogens with one attached hydrogen (secondary N) is 1. The van der Waals surface area contributed by atoms with Crippen LogP contribution in [0.3, 0.4) is 0 Å². The second-order valence-corrected chi connectivity index (χ2v) is 8.10. The van der Waals surface area contributed by atoms with E-state index in [4.69, 9.17) is 9.72 Å². The maximum atomic E-state index is 12.3. The third-order valence-electron chi connectivity index (χ3n) is 5.38. The van der Waals surface area contributed by atoms with Gasteiger partial charge in [-0.3, -0.25) is 4.79 Å². The van der Waals surface area contributed by atoms with Gasteiger partial charge in [0.15, 0.2) is 6.61 Å². The zero-order valence-electron chi connectivity index (χ0n) is 18.1. The summed E-state index contributed by atoms with van der Waals surface area (Å²) in [6, 6.07) is 14.4. The molecule has 1 N–H and O–H groups in total. The number of carbonyl (C=O) groups is 1. The van der Waals surface area contributed by atoms with E-state index in [1.165, 1.54) is 18.6 Å². The number of hydrogen-bond acceptors (Lipinski definition) is 5. The molecule has 9 heteroatoms. The minimum atomic E-state index is -4.77. The lowest BCUT2D eigenvalue weighted by Crippen LogP contribution is -2.34. The van der Waals surface area contributed by atoms with Crippen LogP contribution in [0.25, 0.3) is 10.9 Å². The number of fused-ring (bicyclic) bond motifs is 1. The Hall–Kier alpha value is -3.49. The third kappa shape index (κ3) is 6.06. The highest BCUT2D eigenvalue weighted by Gasteiger charge is 2.31. The zero-order chi connectivity index (χ0) is 23.4. The number of piperidine rings is 1. The van der Waals surface area contributed by atoms with Gasteiger partial charge in [0.2, 0.25) is 0 Å². The molecule has 0 saturated carbocycles. The minimum absolute atomic E-state index is 0.271. The lowest BCUT2D eigenvalue weighted by atomic mass is 10.0. The summed E-state index contributed by atoms with van der Waals surface area (Å²) in [7, 11) is 0. The van der Waals surface area contributed by atoms with Crippen molar-refractivity contribution in [2.45, 2.75) is 26.1 Å². The molecule has 174 valence electrons. The maximum Gasteiger partial charge on any atom is 0.573 e. The number of anilines is 2. The standard InChI is InChI=1S/C24H24F3N3O3/c1-16-4-3-13-30(14-16)21-12-7-17-5-2-6-20(23(17)29-21)32-15-22(31)28-18-8-10-19(11-9-18)33-24(25,26)27/h2,5-12,16H,3-4,13-15H2,1H3,(H,28,31). The summed E-state index contributed by atoms with van der Waals surface area (Å²) < 4.78 is 46.3. The predicted molar refractivity (Wildman–Crippen MR) is 120 cm³/mol. The summed E-state index contributed by atoms with van der Waals surface area (Å²) in [5.41, 5.74) is 1.00. The van der Waals surface area contributed by atoms with Crippen LogP contribution in [0.4, 0.5) is 24.7 Å². The Labute approximate surface area is 189 Å². The van der Waals surface area contributed by atoms with E-state index in [1.807, 2.05) is 24.3 Å². The molecule has 1 aliphatic rings. The summed E-state index contributed by atoms with van der Waals surface area (Å²) in [6.07, 6.45) is -2.43. The van der Waals surface area contributed by atoms with Gasteiger partial charge in [0, 0.05) is 24.2 Å². The van der Waals surface area contributed by atoms with Crippen molar-refractivity contribution in [3.8, 4) is 11.5 Å². The molecule has 33 heavy (non-hydrogen) atoms. The van der Waals surface area contributed by atoms with Gasteiger partial charge in [-0.1, -0.05) is 19.1 Å². The van der Waals surface area contributed by atoms with Crippen LogP contribution in [-0.2, 0) is 4.79 Å². The van der Waals surface area contributed by atoms with Gasteiger partial charge in [-0.2, -0.15) is 0 Å². The summed E-state index contributed by atoms with van der Waals surface area (Å²) in [5.74, 6) is 1.18. The average molecular weight is 459 g/mol. The molecule has 1 atom stereocenters. The molecule has 0 spiro atoms. The Morgan fingerprint density at radius 3 is 2.67 bits per heavy atom. The molecule has 2 aromatic carbocycles. The SMILES string of the molecule is CC1CCCN(c2ccc3cccc(OCC(=O)Nc4ccc(OC(F)(F)F)cc4)c3n2)C1. The number of nitrogens with zero attached hydrogens (tertiary/aromatic N) is 2. The van der Waals surface area contributed by atoms with Crippen molar-refractivity contribution in [2.24, 2.45) is 5.92 Å². The van der Waals surface area contributed by atoms with Crippen LogP contribution in [0, 0.1) is 5.92 Å². The summed E-state index contributed by atoms with van der Waals surface area (Å²) in [6.45, 7) is 3.88. The molecule has 1 aliphatic heterocycles. The fraction of sp³-hybridized carbons (Fsp3) is 0.333. The van der Waals surface area contributed by atoms with Crippen LogP contribution in [0.1, 0.15) is 19.8 Å². The molecule has 1 amide bonds. The lowest BCUT2D eigenvalue weighted by molar-refractivity contribution is -0.274. The Balaban J connectivity index is 1.41. The highest BCUT2D eigenvalue weighted by atomic mass is 19.4. The average Bonchev–Trinajstić information content (AvgIpc) is 2.77. The van der Waals surface area contributed by atoms with Gasteiger partial charge in [-0.05, 0) is 61.2 Å². The normalized spacial score (nSPS) is 16.5. The molecule has 1 aromatic heterocycles. The number of hydrogen-bond donors (Lipinski definition) is 1. The Bertz CT molecular complexity index is 1120. The van der Waals surface area contributed by atoms with E-state index in [-0.39, 0.29) is 12.4 Å². The van der Waals surface area contributed by atoms with E-state index >= 15 is 0 Å². The van der Waals surface area contributed by atoms with Gasteiger partial charge < -0.3 is 19.7 Å². The number of pyridine rings is 1. The van der Waals surface area contributed by atoms with Crippen molar-refractivity contribution in [3.05, 3.63) is 54.6 Å². The number of benzene rings is 2. The van der Waals surface area contributed by atoms with Gasteiger partial charge in [0.25, 0.3) is 5.91 Å². The van der Waals surface area contributed by atoms with Crippen LogP contribution < -0.4 is 19.7 Å². The third-order valence-corrected chi connectivity index (χ3v) is 5.38. The Kier molecular flexibility index (Phi) is 6.57. The molecule has 3 aromatic rings. The molecule has 4 rings (SSSR count). The van der Waals surface area contributed by atoms with Gasteiger partial charge in [0.1, 0.15) is 22.8 Å². The topological polar surface area (TPSA) is 63.7 Å². The van der Waals surface area contributed by atoms with Crippen molar-refractivity contribution in [1.29, 1.82) is 0 Å². The number of ether oxygens (including phenoxy) is 2. The van der Waals surface area contributed by atoms with Crippen molar-refractivity contribution in [2.75, 3.05) is 29.9 Å². The van der Waals surface area contributed by atoms with E-state index in [1.54, 1.807) is 6.07 Å². The van der Waals surface area contributed by atoms with Gasteiger partial charge >= 0.3 is 6.36 Å². The van der Waals surface area contributed by atoms with Gasteiger partial charge in [-0.25, -0.2) is 4.98 Å². The van der Waals surface area contributed by atoms with E-state index in [0.29, 0.717) is 22.9 Å². The predicted octanol–water partition coefficient (Wildman–Crippen LogP) is 5.39. The van der Waals surface area contributed by atoms with Crippen LogP contribution in [0.5, 0.6) is 11.5 Å². The van der Waals surface area contributed by atoms with E-state index in [2.05, 4.69) is 21.9 Å². The summed E-state index contributed by atoms with van der Waals surface area (Å²) in [5, 5.41) is 3.49. The second-order valence-electron chi connectivity index (χ2n) is 8.10. The fourth-order valence-corrected chi connectivity index (χ4v) is 3.88. The molecular weight excluding hydrogens is 435 g/mol. The van der Waals surface area contributed by atoms with Crippen molar-refractivity contribution in [3.63, 3.8) is 0 Å². The monoisotopic (exact) mass is 459 g/mol. The molecule has 1 fully saturated rings. The minimum Gasteiger partial charge on any atom is -0.481 e. The fourth-order valence-electron chi connectivity index (χ4n) is 3.88. The van der Waals surface area contributed by atoms with Crippen molar-refractivity contribution < 1.29 is 27.4 Å². The smallest absolute Gasteiger partial charge is 0.481 e. The molecule has 0 radical (unpaired) electrons. The number of para-hydroxylation sites is 1. The van der Waals surface area contributed by atoms with E-state index in [9.17, 15) is 18.0 Å². The van der Waals surface area contributed by atoms with Gasteiger partial charge in [0.05, 0.1) is 0 Å². The van der Waals surface area contributed by atoms with Crippen LogP contribution in [-0.4, -0.2) is 36.9 Å². The molecule has 6 nitrogen and oxygen atoms in total. The van der Waals surface area contributed by atoms with Crippen molar-refractivity contribution in [1.82, 2.24) is 4.98 Å². The first-order valence-corrected chi connectivity index (χ1v) is 10.7. The Morgan fingerprint density at radius 1 is 1.15 bits per heavy atom. The zero-order valence-corrected chi connectivity index (χ0v) is 18.1. The number of aromatic nitrogens is 1. The first kappa shape index (κ1) is 22.7. The number of rotatable bonds is 6. The van der Waals surface area contributed by atoms with Crippen LogP contribution in [0.2, 0.25) is 0 Å². The van der Waals surface area contributed by atoms with E-state index in [0.717, 1.165) is 42.8 Å². The maximum absolute atomic E-state index is 12.3. The number of alkyl halides is 3. The molecular formula is C24H24F3N3O3. The van der Waals surface area contributed by atoms with Gasteiger partial charge in [-0.15, -0.1) is 13.2 Å². The van der Waals surface area contributed by atoms with E-state index < -0.39 is 12.3 Å². The quantitative estimate of drug-likeness (QED) is 0.536. The number of amides is 1. The Morgan fingerprint density at radius 2 is 1.94 bits per heavy atom.